The maximum Gasteiger partial charge on any atom is 0.223 e. The van der Waals surface area contributed by atoms with Gasteiger partial charge in [-0.05, 0) is 56.1 Å². The van der Waals surface area contributed by atoms with E-state index in [9.17, 15) is 4.79 Å². The highest BCUT2D eigenvalue weighted by Gasteiger charge is 2.34. The first-order valence-corrected chi connectivity index (χ1v) is 8.54. The van der Waals surface area contributed by atoms with Gasteiger partial charge >= 0.3 is 0 Å². The van der Waals surface area contributed by atoms with Gasteiger partial charge in [0, 0.05) is 24.7 Å². The topological polar surface area (TPSA) is 38.3 Å². The van der Waals surface area contributed by atoms with Crippen molar-refractivity contribution in [3.8, 4) is 0 Å². The fourth-order valence-corrected chi connectivity index (χ4v) is 3.84. The molecular formula is C19H27NO2. The van der Waals surface area contributed by atoms with Crippen molar-refractivity contribution in [2.75, 3.05) is 13.2 Å². The van der Waals surface area contributed by atoms with Crippen molar-refractivity contribution in [3.63, 3.8) is 0 Å². The van der Waals surface area contributed by atoms with Gasteiger partial charge < -0.3 is 10.1 Å². The number of benzene rings is 1. The molecule has 0 bridgehead atoms. The molecule has 120 valence electrons. The van der Waals surface area contributed by atoms with E-state index >= 15 is 0 Å². The van der Waals surface area contributed by atoms with Gasteiger partial charge in [-0.25, -0.2) is 0 Å². The first-order valence-electron chi connectivity index (χ1n) is 8.54. The van der Waals surface area contributed by atoms with Crippen LogP contribution in [0.4, 0.5) is 0 Å². The number of carbonyl (C=O) groups is 1. The fraction of sp³-hybridized carbons (Fsp3) is 0.632. The molecule has 1 aliphatic carbocycles. The quantitative estimate of drug-likeness (QED) is 0.931. The standard InChI is InChI=1S/C19H27NO2/c1-14(15-8-11-22-12-9-15)18(21)20-19(2)10-7-16-5-3-4-6-17(16)13-19/h3-6,14-15H,7-13H2,1-2H3,(H,20,21)/t14-,19-/m0/s1. The van der Waals surface area contributed by atoms with Crippen LogP contribution in [-0.2, 0) is 22.4 Å². The second kappa shape index (κ2) is 6.41. The highest BCUT2D eigenvalue weighted by atomic mass is 16.5. The van der Waals surface area contributed by atoms with Crippen LogP contribution in [0.25, 0.3) is 0 Å². The molecule has 0 aromatic heterocycles. The highest BCUT2D eigenvalue weighted by Crippen LogP contribution is 2.30. The minimum atomic E-state index is -0.106. The Bertz CT molecular complexity index is 536. The molecule has 3 heteroatoms. The molecule has 0 saturated carbocycles. The van der Waals surface area contributed by atoms with Gasteiger partial charge in [0.1, 0.15) is 0 Å². The third-order valence-corrected chi connectivity index (χ3v) is 5.46. The summed E-state index contributed by atoms with van der Waals surface area (Å²) < 4.78 is 5.41. The molecule has 1 aliphatic heterocycles. The van der Waals surface area contributed by atoms with E-state index in [1.54, 1.807) is 0 Å². The van der Waals surface area contributed by atoms with Crippen LogP contribution in [0.15, 0.2) is 24.3 Å². The number of aryl methyl sites for hydroxylation is 1. The van der Waals surface area contributed by atoms with Gasteiger partial charge in [0.25, 0.3) is 0 Å². The monoisotopic (exact) mass is 301 g/mol. The SMILES string of the molecule is C[C@H](C(=O)N[C@@]1(C)CCc2ccccc2C1)C1CCOCC1. The first kappa shape index (κ1) is 15.5. The molecule has 2 atom stereocenters. The lowest BCUT2D eigenvalue weighted by Crippen LogP contribution is -2.52. The summed E-state index contributed by atoms with van der Waals surface area (Å²) in [6, 6.07) is 8.60. The van der Waals surface area contributed by atoms with Crippen LogP contribution in [0.1, 0.15) is 44.2 Å². The van der Waals surface area contributed by atoms with Gasteiger partial charge in [-0.3, -0.25) is 4.79 Å². The zero-order valence-electron chi connectivity index (χ0n) is 13.7. The maximum absolute atomic E-state index is 12.7. The predicted octanol–water partition coefficient (Wildman–Crippen LogP) is 3.11. The summed E-state index contributed by atoms with van der Waals surface area (Å²) in [7, 11) is 0. The third kappa shape index (κ3) is 3.35. The summed E-state index contributed by atoms with van der Waals surface area (Å²) in [5.74, 6) is 0.764. The summed E-state index contributed by atoms with van der Waals surface area (Å²) in [6.07, 6.45) is 5.03. The third-order valence-electron chi connectivity index (χ3n) is 5.46. The van der Waals surface area contributed by atoms with Crippen LogP contribution in [0.3, 0.4) is 0 Å². The van der Waals surface area contributed by atoms with Crippen molar-refractivity contribution in [1.82, 2.24) is 5.32 Å². The molecule has 3 rings (SSSR count). The normalized spacial score (nSPS) is 27.0. The van der Waals surface area contributed by atoms with Crippen molar-refractivity contribution in [1.29, 1.82) is 0 Å². The molecule has 0 spiro atoms. The van der Waals surface area contributed by atoms with Gasteiger partial charge in [-0.15, -0.1) is 0 Å². The maximum atomic E-state index is 12.7. The zero-order valence-corrected chi connectivity index (χ0v) is 13.7. The van der Waals surface area contributed by atoms with Crippen molar-refractivity contribution < 1.29 is 9.53 Å². The number of hydrogen-bond donors (Lipinski definition) is 1. The Morgan fingerprint density at radius 1 is 1.27 bits per heavy atom. The van der Waals surface area contributed by atoms with Crippen LogP contribution >= 0.6 is 0 Å². The van der Waals surface area contributed by atoms with E-state index in [1.807, 2.05) is 0 Å². The summed E-state index contributed by atoms with van der Waals surface area (Å²) in [6.45, 7) is 5.86. The number of nitrogens with one attached hydrogen (secondary N) is 1. The molecule has 0 radical (unpaired) electrons. The Hall–Kier alpha value is -1.35. The summed E-state index contributed by atoms with van der Waals surface area (Å²) in [5.41, 5.74) is 2.71. The minimum absolute atomic E-state index is 0.0814. The molecule has 1 amide bonds. The first-order chi connectivity index (χ1) is 10.6. The molecule has 1 heterocycles. The zero-order chi connectivity index (χ0) is 15.6. The predicted molar refractivity (Wildman–Crippen MR) is 87.7 cm³/mol. The second-order valence-corrected chi connectivity index (χ2v) is 7.23. The number of fused-ring (bicyclic) bond motifs is 1. The Kier molecular flexibility index (Phi) is 4.53. The number of ether oxygens (including phenoxy) is 1. The molecule has 2 aliphatic rings. The van der Waals surface area contributed by atoms with Crippen LogP contribution in [0, 0.1) is 11.8 Å². The van der Waals surface area contributed by atoms with Gasteiger partial charge in [0.2, 0.25) is 5.91 Å². The molecule has 1 aromatic carbocycles. The van der Waals surface area contributed by atoms with Gasteiger partial charge in [-0.2, -0.15) is 0 Å². The lowest BCUT2D eigenvalue weighted by atomic mass is 9.78. The summed E-state index contributed by atoms with van der Waals surface area (Å²) >= 11 is 0. The van der Waals surface area contributed by atoms with Crippen LogP contribution in [0.5, 0.6) is 0 Å². The lowest BCUT2D eigenvalue weighted by molar-refractivity contribution is -0.129. The molecule has 3 nitrogen and oxygen atoms in total. The van der Waals surface area contributed by atoms with E-state index in [2.05, 4.69) is 43.4 Å². The van der Waals surface area contributed by atoms with E-state index in [0.29, 0.717) is 5.92 Å². The number of hydrogen-bond acceptors (Lipinski definition) is 2. The summed E-state index contributed by atoms with van der Waals surface area (Å²) in [5, 5.41) is 3.35. The van der Waals surface area contributed by atoms with Crippen LogP contribution in [-0.4, -0.2) is 24.7 Å². The highest BCUT2D eigenvalue weighted by molar-refractivity contribution is 5.79. The molecular weight excluding hydrogens is 274 g/mol. The van der Waals surface area contributed by atoms with Crippen LogP contribution < -0.4 is 5.32 Å². The van der Waals surface area contributed by atoms with E-state index < -0.39 is 0 Å². The minimum Gasteiger partial charge on any atom is -0.381 e. The Morgan fingerprint density at radius 3 is 2.68 bits per heavy atom. The van der Waals surface area contributed by atoms with Gasteiger partial charge in [-0.1, -0.05) is 31.2 Å². The average Bonchev–Trinajstić information content (AvgIpc) is 2.54. The van der Waals surface area contributed by atoms with E-state index in [1.165, 1.54) is 11.1 Å². The van der Waals surface area contributed by atoms with Crippen LogP contribution in [0.2, 0.25) is 0 Å². The number of carbonyl (C=O) groups excluding carboxylic acids is 1. The van der Waals surface area contributed by atoms with Gasteiger partial charge in [0.05, 0.1) is 0 Å². The van der Waals surface area contributed by atoms with E-state index in [0.717, 1.165) is 45.3 Å². The fourth-order valence-electron chi connectivity index (χ4n) is 3.84. The average molecular weight is 301 g/mol. The smallest absolute Gasteiger partial charge is 0.223 e. The molecule has 22 heavy (non-hydrogen) atoms. The van der Waals surface area contributed by atoms with E-state index in [4.69, 9.17) is 4.74 Å². The van der Waals surface area contributed by atoms with Crippen molar-refractivity contribution in [2.24, 2.45) is 11.8 Å². The van der Waals surface area contributed by atoms with Gasteiger partial charge in [0.15, 0.2) is 0 Å². The molecule has 0 unspecified atom stereocenters. The Balaban J connectivity index is 1.63. The molecule has 1 aromatic rings. The van der Waals surface area contributed by atoms with E-state index in [-0.39, 0.29) is 17.4 Å². The number of amides is 1. The second-order valence-electron chi connectivity index (χ2n) is 7.23. The Morgan fingerprint density at radius 2 is 1.95 bits per heavy atom. The van der Waals surface area contributed by atoms with Crippen molar-refractivity contribution in [2.45, 2.75) is 51.5 Å². The molecule has 1 fully saturated rings. The largest absolute Gasteiger partial charge is 0.381 e. The number of rotatable bonds is 3. The Labute approximate surface area is 133 Å². The molecule has 1 saturated heterocycles. The van der Waals surface area contributed by atoms with Crippen molar-refractivity contribution >= 4 is 5.91 Å². The van der Waals surface area contributed by atoms with Crippen molar-refractivity contribution in [3.05, 3.63) is 35.4 Å². The molecule has 1 N–H and O–H groups in total. The summed E-state index contributed by atoms with van der Waals surface area (Å²) in [4.78, 5) is 12.7. The lowest BCUT2D eigenvalue weighted by Gasteiger charge is -2.38.